The van der Waals surface area contributed by atoms with E-state index in [2.05, 4.69) is 34.2 Å². The van der Waals surface area contributed by atoms with Crippen LogP contribution in [0.25, 0.3) is 0 Å². The Morgan fingerprint density at radius 3 is 2.76 bits per heavy atom. The maximum atomic E-state index is 13.6. The molecule has 1 amide bonds. The first-order chi connectivity index (χ1) is 20.3. The number of rotatable bonds is 9. The molecule has 2 aliphatic rings. The third-order valence-corrected chi connectivity index (χ3v) is 8.33. The average Bonchev–Trinajstić information content (AvgIpc) is 3.52. The molecule has 0 radical (unpaired) electrons. The Hall–Kier alpha value is -4.16. The van der Waals surface area contributed by atoms with Crippen LogP contribution in [0.4, 0.5) is 5.69 Å². The van der Waals surface area contributed by atoms with Gasteiger partial charge >= 0.3 is 0 Å². The first kappa shape index (κ1) is 29.3. The van der Waals surface area contributed by atoms with Gasteiger partial charge in [-0.25, -0.2) is 0 Å². The Kier molecular flexibility index (Phi) is 8.93. The van der Waals surface area contributed by atoms with Crippen molar-refractivity contribution < 1.29 is 23.5 Å². The van der Waals surface area contributed by atoms with E-state index >= 15 is 0 Å². The fourth-order valence-corrected chi connectivity index (χ4v) is 6.41. The number of hydrogen-bond donors (Lipinski definition) is 1. The summed E-state index contributed by atoms with van der Waals surface area (Å²) >= 11 is 3.66. The van der Waals surface area contributed by atoms with Crippen molar-refractivity contribution in [2.24, 2.45) is 16.8 Å². The standard InChI is InChI=1S/C33H32BrN3O5/c1-4-7-20-13-26-31(28(38)14-20)30(24(17-35)19(2)36-26)22-15-25(34)32(42-18-21-8-5-9-23(12-21)40-3)27(16-22)37-33(39)29-10-6-11-41-29/h5-6,8-12,15-16,20,24,30H,4,7,13-14,18H2,1-3H3,(H,37,39). The molecular weight excluding hydrogens is 598 g/mol. The van der Waals surface area contributed by atoms with E-state index in [9.17, 15) is 14.9 Å². The Bertz CT molecular complexity index is 1600. The Morgan fingerprint density at radius 2 is 2.05 bits per heavy atom. The number of carbonyl (C=O) groups excluding carboxylic acids is 2. The number of furan rings is 1. The van der Waals surface area contributed by atoms with Crippen molar-refractivity contribution in [1.82, 2.24) is 0 Å². The number of benzene rings is 2. The number of aliphatic imine (C=N–C) groups is 1. The minimum Gasteiger partial charge on any atom is -0.497 e. The Morgan fingerprint density at radius 1 is 1.21 bits per heavy atom. The van der Waals surface area contributed by atoms with E-state index in [0.717, 1.165) is 24.1 Å². The number of carbonyl (C=O) groups is 2. The van der Waals surface area contributed by atoms with Gasteiger partial charge in [-0.15, -0.1) is 0 Å². The lowest BCUT2D eigenvalue weighted by Gasteiger charge is -2.35. The van der Waals surface area contributed by atoms with Gasteiger partial charge < -0.3 is 19.2 Å². The summed E-state index contributed by atoms with van der Waals surface area (Å²) in [5.74, 6) is -0.0735. The minimum absolute atomic E-state index is 0.0341. The van der Waals surface area contributed by atoms with Crippen LogP contribution in [0.2, 0.25) is 0 Å². The number of amides is 1. The Balaban J connectivity index is 1.57. The second-order valence-electron chi connectivity index (χ2n) is 10.6. The lowest BCUT2D eigenvalue weighted by molar-refractivity contribution is -0.117. The topological polar surface area (TPSA) is 114 Å². The lowest BCUT2D eigenvalue weighted by Crippen LogP contribution is -2.32. The molecule has 0 bridgehead atoms. The predicted molar refractivity (Wildman–Crippen MR) is 163 cm³/mol. The molecule has 216 valence electrons. The summed E-state index contributed by atoms with van der Waals surface area (Å²) in [6, 6.07) is 16.8. The zero-order valence-electron chi connectivity index (χ0n) is 23.8. The molecule has 1 aliphatic carbocycles. The average molecular weight is 631 g/mol. The summed E-state index contributed by atoms with van der Waals surface area (Å²) in [6.45, 7) is 4.17. The number of nitrogens with one attached hydrogen (secondary N) is 1. The van der Waals surface area contributed by atoms with Crippen molar-refractivity contribution in [1.29, 1.82) is 5.26 Å². The fourth-order valence-electron chi connectivity index (χ4n) is 5.82. The number of nitrogens with zero attached hydrogens (tertiary/aromatic N) is 2. The molecule has 3 aromatic rings. The highest BCUT2D eigenvalue weighted by molar-refractivity contribution is 9.10. The van der Waals surface area contributed by atoms with E-state index < -0.39 is 17.7 Å². The van der Waals surface area contributed by atoms with Crippen LogP contribution in [0.1, 0.15) is 67.1 Å². The highest BCUT2D eigenvalue weighted by Crippen LogP contribution is 2.47. The maximum absolute atomic E-state index is 13.6. The lowest BCUT2D eigenvalue weighted by atomic mass is 9.70. The van der Waals surface area contributed by atoms with Gasteiger partial charge in [0.2, 0.25) is 0 Å². The third-order valence-electron chi connectivity index (χ3n) is 7.74. The zero-order chi connectivity index (χ0) is 29.8. The minimum atomic E-state index is -0.625. The number of allylic oxidation sites excluding steroid dienone is 2. The molecule has 0 saturated carbocycles. The number of methoxy groups -OCH3 is 1. The van der Waals surface area contributed by atoms with Crippen molar-refractivity contribution in [3.8, 4) is 17.6 Å². The molecule has 3 atom stereocenters. The SMILES string of the molecule is CCCC1CC(=O)C2=C(C1)N=C(C)C(C#N)C2c1cc(Br)c(OCc2cccc(OC)c2)c(NC(=O)c2ccco2)c1. The van der Waals surface area contributed by atoms with Crippen LogP contribution in [0.5, 0.6) is 11.5 Å². The predicted octanol–water partition coefficient (Wildman–Crippen LogP) is 7.61. The van der Waals surface area contributed by atoms with Crippen LogP contribution >= 0.6 is 15.9 Å². The first-order valence-electron chi connectivity index (χ1n) is 14.0. The number of anilines is 1. The first-order valence-corrected chi connectivity index (χ1v) is 14.8. The molecule has 8 nitrogen and oxygen atoms in total. The molecule has 0 fully saturated rings. The second-order valence-corrected chi connectivity index (χ2v) is 11.5. The number of nitriles is 1. The van der Waals surface area contributed by atoms with Gasteiger partial charge in [0.1, 0.15) is 12.4 Å². The summed E-state index contributed by atoms with van der Waals surface area (Å²) in [4.78, 5) is 31.5. The van der Waals surface area contributed by atoms with E-state index in [1.807, 2.05) is 37.3 Å². The van der Waals surface area contributed by atoms with E-state index in [-0.39, 0.29) is 24.1 Å². The Labute approximate surface area is 253 Å². The van der Waals surface area contributed by atoms with Crippen LogP contribution in [0.15, 0.2) is 79.9 Å². The maximum Gasteiger partial charge on any atom is 0.291 e. The molecule has 2 aromatic carbocycles. The van der Waals surface area contributed by atoms with Crippen LogP contribution in [0, 0.1) is 23.2 Å². The quantitative estimate of drug-likeness (QED) is 0.260. The summed E-state index contributed by atoms with van der Waals surface area (Å²) in [6.07, 6.45) is 4.54. The molecule has 1 aromatic heterocycles. The number of Topliss-reactive ketones (excluding diaryl/α,β-unsaturated/α-hetero) is 1. The fraction of sp³-hybridized carbons (Fsp3) is 0.333. The summed E-state index contributed by atoms with van der Waals surface area (Å²) in [5.41, 5.74) is 4.02. The van der Waals surface area contributed by atoms with Crippen LogP contribution < -0.4 is 14.8 Å². The number of hydrogen-bond acceptors (Lipinski definition) is 7. The molecule has 0 spiro atoms. The molecule has 1 N–H and O–H groups in total. The van der Waals surface area contributed by atoms with E-state index in [1.54, 1.807) is 25.3 Å². The highest BCUT2D eigenvalue weighted by atomic mass is 79.9. The van der Waals surface area contributed by atoms with Gasteiger partial charge in [0.25, 0.3) is 5.91 Å². The van der Waals surface area contributed by atoms with Gasteiger partial charge in [0.05, 0.1) is 35.5 Å². The number of ketones is 1. The van der Waals surface area contributed by atoms with E-state index in [4.69, 9.17) is 18.9 Å². The van der Waals surface area contributed by atoms with Crippen molar-refractivity contribution in [3.05, 3.63) is 87.4 Å². The van der Waals surface area contributed by atoms with Gasteiger partial charge in [0.15, 0.2) is 17.3 Å². The second kappa shape index (κ2) is 12.8. The summed E-state index contributed by atoms with van der Waals surface area (Å²) in [5, 5.41) is 13.1. The highest BCUT2D eigenvalue weighted by Gasteiger charge is 2.41. The molecule has 2 heterocycles. The summed E-state index contributed by atoms with van der Waals surface area (Å²) in [7, 11) is 1.60. The molecular formula is C33H32BrN3O5. The van der Waals surface area contributed by atoms with Gasteiger partial charge in [-0.05, 0) is 89.1 Å². The third kappa shape index (κ3) is 6.04. The van der Waals surface area contributed by atoms with Gasteiger partial charge in [-0.1, -0.05) is 25.5 Å². The molecule has 42 heavy (non-hydrogen) atoms. The number of halogens is 1. The van der Waals surface area contributed by atoms with E-state index in [1.165, 1.54) is 6.26 Å². The molecule has 1 aliphatic heterocycles. The number of ether oxygens (including phenoxy) is 2. The zero-order valence-corrected chi connectivity index (χ0v) is 25.4. The normalized spacial score (nSPS) is 19.9. The monoisotopic (exact) mass is 629 g/mol. The molecule has 9 heteroatoms. The van der Waals surface area contributed by atoms with Gasteiger partial charge in [0, 0.05) is 29.3 Å². The van der Waals surface area contributed by atoms with E-state index in [0.29, 0.717) is 51.3 Å². The van der Waals surface area contributed by atoms with Crippen molar-refractivity contribution in [2.45, 2.75) is 52.1 Å². The molecule has 0 saturated heterocycles. The summed E-state index contributed by atoms with van der Waals surface area (Å²) < 4.78 is 17.5. The largest absolute Gasteiger partial charge is 0.497 e. The van der Waals surface area contributed by atoms with Crippen molar-refractivity contribution in [3.63, 3.8) is 0 Å². The van der Waals surface area contributed by atoms with Crippen molar-refractivity contribution in [2.75, 3.05) is 12.4 Å². The smallest absolute Gasteiger partial charge is 0.291 e. The van der Waals surface area contributed by atoms with Crippen molar-refractivity contribution >= 4 is 39.0 Å². The van der Waals surface area contributed by atoms with Crippen LogP contribution in [0.3, 0.4) is 0 Å². The molecule has 5 rings (SSSR count). The van der Waals surface area contributed by atoms with Crippen LogP contribution in [-0.4, -0.2) is 24.5 Å². The van der Waals surface area contributed by atoms with Crippen LogP contribution in [-0.2, 0) is 11.4 Å². The van der Waals surface area contributed by atoms with Gasteiger partial charge in [-0.3, -0.25) is 14.6 Å². The molecule has 3 unspecified atom stereocenters. The van der Waals surface area contributed by atoms with Gasteiger partial charge in [-0.2, -0.15) is 5.26 Å².